The van der Waals surface area contributed by atoms with Crippen molar-refractivity contribution in [3.8, 4) is 0 Å². The van der Waals surface area contributed by atoms with Gasteiger partial charge in [-0.2, -0.15) is 0 Å². The lowest BCUT2D eigenvalue weighted by molar-refractivity contribution is 0.0696. The number of carbonyl (C=O) groups is 1. The van der Waals surface area contributed by atoms with Gasteiger partial charge < -0.3 is 5.11 Å². The molecule has 0 saturated carbocycles. The fourth-order valence-electron chi connectivity index (χ4n) is 1.04. The Bertz CT molecular complexity index is 524. The van der Waals surface area contributed by atoms with Gasteiger partial charge in [-0.15, -0.1) is 0 Å². The van der Waals surface area contributed by atoms with Crippen LogP contribution in [0.25, 0.3) is 0 Å². The van der Waals surface area contributed by atoms with E-state index < -0.39 is 16.0 Å². The Morgan fingerprint density at radius 3 is 2.31 bits per heavy atom. The number of halogens is 1. The van der Waals surface area contributed by atoms with Gasteiger partial charge in [0.1, 0.15) is 0 Å². The molecule has 0 bridgehead atoms. The molecular weight excluding hydrogens is 298 g/mol. The Morgan fingerprint density at radius 2 is 1.94 bits per heavy atom. The molecule has 0 heterocycles. The number of benzene rings is 1. The first-order chi connectivity index (χ1) is 7.26. The number of carboxylic acids is 1. The molecule has 0 amide bonds. The summed E-state index contributed by atoms with van der Waals surface area (Å²) in [7, 11) is -0.737. The van der Waals surface area contributed by atoms with Gasteiger partial charge in [-0.05, 0) is 34.1 Å². The molecule has 1 N–H and O–H groups in total. The molecule has 1 aromatic carbocycles. The molecule has 1 aromatic rings. The number of aromatic carboxylic acids is 1. The van der Waals surface area contributed by atoms with Crippen LogP contribution in [0.3, 0.4) is 0 Å². The number of sulfonamides is 1. The molecule has 0 radical (unpaired) electrons. The van der Waals surface area contributed by atoms with E-state index in [4.69, 9.17) is 5.11 Å². The van der Waals surface area contributed by atoms with Crippen LogP contribution in [0.4, 0.5) is 0 Å². The van der Waals surface area contributed by atoms with E-state index in [1.54, 1.807) is 0 Å². The first-order valence-electron chi connectivity index (χ1n) is 4.22. The second-order valence-corrected chi connectivity index (χ2v) is 6.21. The molecule has 0 aromatic heterocycles. The first kappa shape index (κ1) is 13.1. The van der Waals surface area contributed by atoms with Crippen molar-refractivity contribution in [1.29, 1.82) is 0 Å². The second-order valence-electron chi connectivity index (χ2n) is 3.24. The third kappa shape index (κ3) is 2.42. The zero-order chi connectivity index (χ0) is 12.5. The van der Waals surface area contributed by atoms with Crippen molar-refractivity contribution in [2.24, 2.45) is 0 Å². The minimum Gasteiger partial charge on any atom is -0.478 e. The number of nitrogens with zero attached hydrogens (tertiary/aromatic N) is 1. The third-order valence-electron chi connectivity index (χ3n) is 1.94. The van der Waals surface area contributed by atoms with Gasteiger partial charge in [0.2, 0.25) is 10.0 Å². The Morgan fingerprint density at radius 1 is 1.38 bits per heavy atom. The zero-order valence-electron chi connectivity index (χ0n) is 8.64. The molecule has 0 atom stereocenters. The number of hydrogen-bond acceptors (Lipinski definition) is 3. The summed E-state index contributed by atoms with van der Waals surface area (Å²) in [5.74, 6) is -1.10. The summed E-state index contributed by atoms with van der Waals surface area (Å²) in [5, 5.41) is 8.73. The molecule has 0 aliphatic carbocycles. The maximum absolute atomic E-state index is 11.8. The van der Waals surface area contributed by atoms with Crippen molar-refractivity contribution in [3.05, 3.63) is 28.2 Å². The quantitative estimate of drug-likeness (QED) is 0.916. The molecule has 0 aliphatic heterocycles. The highest BCUT2D eigenvalue weighted by Gasteiger charge is 2.21. The van der Waals surface area contributed by atoms with Crippen LogP contribution in [-0.2, 0) is 10.0 Å². The molecule has 1 rings (SSSR count). The van der Waals surface area contributed by atoms with Crippen molar-refractivity contribution < 1.29 is 18.3 Å². The van der Waals surface area contributed by atoms with Crippen molar-refractivity contribution in [3.63, 3.8) is 0 Å². The van der Waals surface area contributed by atoms with Crippen LogP contribution in [0.5, 0.6) is 0 Å². The molecule has 0 unspecified atom stereocenters. The highest BCUT2D eigenvalue weighted by molar-refractivity contribution is 9.10. The Labute approximate surface area is 102 Å². The van der Waals surface area contributed by atoms with Gasteiger partial charge in [-0.25, -0.2) is 17.5 Å². The Kier molecular flexibility index (Phi) is 3.72. The summed E-state index contributed by atoms with van der Waals surface area (Å²) in [6.45, 7) is 0. The van der Waals surface area contributed by atoms with Crippen LogP contribution in [0.15, 0.2) is 27.6 Å². The fraction of sp³-hybridized carbons (Fsp3) is 0.222. The van der Waals surface area contributed by atoms with Crippen LogP contribution in [0.2, 0.25) is 0 Å². The maximum atomic E-state index is 11.8. The Hall–Kier alpha value is -0.920. The molecular formula is C9H10BrNO4S. The topological polar surface area (TPSA) is 74.7 Å². The minimum absolute atomic E-state index is 0.0320. The smallest absolute Gasteiger partial charge is 0.335 e. The van der Waals surface area contributed by atoms with E-state index in [1.165, 1.54) is 32.3 Å². The van der Waals surface area contributed by atoms with Gasteiger partial charge in [-0.1, -0.05) is 0 Å². The summed E-state index contributed by atoms with van der Waals surface area (Å²) in [5.41, 5.74) is 0.0320. The van der Waals surface area contributed by atoms with E-state index >= 15 is 0 Å². The second kappa shape index (κ2) is 4.52. The monoisotopic (exact) mass is 307 g/mol. The van der Waals surface area contributed by atoms with E-state index in [0.29, 0.717) is 0 Å². The molecule has 88 valence electrons. The van der Waals surface area contributed by atoms with Crippen LogP contribution in [0, 0.1) is 0 Å². The van der Waals surface area contributed by atoms with E-state index in [-0.39, 0.29) is 14.9 Å². The van der Waals surface area contributed by atoms with Crippen LogP contribution >= 0.6 is 15.9 Å². The summed E-state index contributed by atoms with van der Waals surface area (Å²) in [4.78, 5) is 10.7. The normalized spacial score (nSPS) is 11.8. The minimum atomic E-state index is -3.56. The summed E-state index contributed by atoms with van der Waals surface area (Å²) < 4.78 is 24.9. The Balaban J connectivity index is 3.35. The summed E-state index contributed by atoms with van der Waals surface area (Å²) in [6, 6.07) is 3.78. The van der Waals surface area contributed by atoms with E-state index in [9.17, 15) is 13.2 Å². The lowest BCUT2D eigenvalue weighted by Crippen LogP contribution is -2.22. The van der Waals surface area contributed by atoms with Crippen LogP contribution in [-0.4, -0.2) is 37.9 Å². The molecule has 0 spiro atoms. The van der Waals surface area contributed by atoms with Gasteiger partial charge in [0.05, 0.1) is 10.5 Å². The molecule has 0 aliphatic rings. The van der Waals surface area contributed by atoms with Gasteiger partial charge in [-0.3, -0.25) is 0 Å². The number of hydrogen-bond donors (Lipinski definition) is 1. The van der Waals surface area contributed by atoms with Gasteiger partial charge in [0.25, 0.3) is 0 Å². The molecule has 0 fully saturated rings. The standard InChI is InChI=1S/C9H10BrNO4S/c1-11(2)16(14,15)8-4-3-6(9(12)13)5-7(8)10/h3-5H,1-2H3,(H,12,13). The summed E-state index contributed by atoms with van der Waals surface area (Å²) in [6.07, 6.45) is 0. The molecule has 5 nitrogen and oxygen atoms in total. The van der Waals surface area contributed by atoms with Gasteiger partial charge in [0, 0.05) is 18.6 Å². The van der Waals surface area contributed by atoms with Crippen molar-refractivity contribution in [2.45, 2.75) is 4.90 Å². The van der Waals surface area contributed by atoms with Gasteiger partial charge in [0.15, 0.2) is 0 Å². The number of carboxylic acid groups (broad SMARTS) is 1. The third-order valence-corrected chi connectivity index (χ3v) is 4.73. The number of rotatable bonds is 3. The van der Waals surface area contributed by atoms with Crippen molar-refractivity contribution in [1.82, 2.24) is 4.31 Å². The predicted octanol–water partition coefficient (Wildman–Crippen LogP) is 1.40. The fourth-order valence-corrected chi connectivity index (χ4v) is 2.97. The molecule has 16 heavy (non-hydrogen) atoms. The van der Waals surface area contributed by atoms with E-state index in [1.807, 2.05) is 0 Å². The first-order valence-corrected chi connectivity index (χ1v) is 6.45. The lowest BCUT2D eigenvalue weighted by Gasteiger charge is -2.12. The van der Waals surface area contributed by atoms with Crippen molar-refractivity contribution >= 4 is 31.9 Å². The predicted molar refractivity (Wildman–Crippen MR) is 62.0 cm³/mol. The van der Waals surface area contributed by atoms with E-state index in [2.05, 4.69) is 15.9 Å². The maximum Gasteiger partial charge on any atom is 0.335 e. The zero-order valence-corrected chi connectivity index (χ0v) is 11.0. The molecule has 7 heteroatoms. The lowest BCUT2D eigenvalue weighted by atomic mass is 10.2. The van der Waals surface area contributed by atoms with Gasteiger partial charge >= 0.3 is 5.97 Å². The van der Waals surface area contributed by atoms with E-state index in [0.717, 1.165) is 4.31 Å². The average molecular weight is 308 g/mol. The summed E-state index contributed by atoms with van der Waals surface area (Å²) >= 11 is 3.05. The average Bonchev–Trinajstić information content (AvgIpc) is 2.16. The highest BCUT2D eigenvalue weighted by atomic mass is 79.9. The SMILES string of the molecule is CN(C)S(=O)(=O)c1ccc(C(=O)O)cc1Br. The molecule has 0 saturated heterocycles. The van der Waals surface area contributed by atoms with Crippen LogP contribution < -0.4 is 0 Å². The largest absolute Gasteiger partial charge is 0.478 e. The highest BCUT2D eigenvalue weighted by Crippen LogP contribution is 2.25. The van der Waals surface area contributed by atoms with Crippen LogP contribution in [0.1, 0.15) is 10.4 Å². The van der Waals surface area contributed by atoms with Crippen molar-refractivity contribution in [2.75, 3.05) is 14.1 Å².